The Hall–Kier alpha value is -3.32. The molecule has 3 aromatic rings. The first kappa shape index (κ1) is 24.8. The number of amides is 2. The molecule has 0 bridgehead atoms. The third-order valence-electron chi connectivity index (χ3n) is 6.21. The second-order valence-corrected chi connectivity index (χ2v) is 9.75. The van der Waals surface area contributed by atoms with Crippen LogP contribution in [0.25, 0.3) is 0 Å². The van der Waals surface area contributed by atoms with Gasteiger partial charge in [-0.25, -0.2) is 0 Å². The number of aromatic nitrogens is 2. The third kappa shape index (κ3) is 5.68. The molecule has 0 aliphatic heterocycles. The molecule has 2 unspecified atom stereocenters. The van der Waals surface area contributed by atoms with E-state index in [1.807, 2.05) is 0 Å². The minimum Gasteiger partial charge on any atom is -0.330 e. The zero-order valence-corrected chi connectivity index (χ0v) is 20.8. The summed E-state index contributed by atoms with van der Waals surface area (Å²) in [5.74, 6) is -0.473. The van der Waals surface area contributed by atoms with Crippen molar-refractivity contribution in [1.29, 1.82) is 5.26 Å². The number of nitriles is 1. The van der Waals surface area contributed by atoms with E-state index in [0.29, 0.717) is 38.0 Å². The van der Waals surface area contributed by atoms with Crippen LogP contribution in [0.15, 0.2) is 42.5 Å². The maximum atomic E-state index is 13.6. The van der Waals surface area contributed by atoms with E-state index in [2.05, 4.69) is 21.0 Å². The Morgan fingerprint density at radius 3 is 2.63 bits per heavy atom. The second kappa shape index (κ2) is 11.0. The fourth-order valence-corrected chi connectivity index (χ4v) is 5.03. The summed E-state index contributed by atoms with van der Waals surface area (Å²) in [4.78, 5) is 28.5. The number of nitrogens with zero attached hydrogens (tertiary/aromatic N) is 4. The largest absolute Gasteiger partial charge is 0.330 e. The number of benzene rings is 2. The molecule has 0 spiro atoms. The molecule has 1 saturated carbocycles. The average Bonchev–Trinajstić information content (AvgIpc) is 3.30. The lowest BCUT2D eigenvalue weighted by molar-refractivity contribution is 0.0583. The van der Waals surface area contributed by atoms with Gasteiger partial charge in [0.25, 0.3) is 11.8 Å². The van der Waals surface area contributed by atoms with Crippen LogP contribution in [0.5, 0.6) is 0 Å². The van der Waals surface area contributed by atoms with Crippen LogP contribution >= 0.6 is 23.1 Å². The van der Waals surface area contributed by atoms with Crippen molar-refractivity contribution in [2.24, 2.45) is 5.73 Å². The Kier molecular flexibility index (Phi) is 7.76. The number of carbonyl (C=O) groups is 2. The normalized spacial score (nSPS) is 17.4. The summed E-state index contributed by atoms with van der Waals surface area (Å²) in [7, 11) is 0. The van der Waals surface area contributed by atoms with Crippen LogP contribution in [-0.2, 0) is 6.54 Å². The van der Waals surface area contributed by atoms with E-state index in [0.717, 1.165) is 37.2 Å². The zero-order valence-electron chi connectivity index (χ0n) is 19.2. The fourth-order valence-electron chi connectivity index (χ4n) is 4.30. The number of rotatable bonds is 6. The van der Waals surface area contributed by atoms with Crippen LogP contribution in [0.3, 0.4) is 0 Å². The van der Waals surface area contributed by atoms with Gasteiger partial charge in [0.1, 0.15) is 4.88 Å². The quantitative estimate of drug-likeness (QED) is 0.503. The van der Waals surface area contributed by atoms with Gasteiger partial charge in [-0.1, -0.05) is 28.9 Å². The molecular weight excluding hydrogens is 484 g/mol. The van der Waals surface area contributed by atoms with E-state index in [4.69, 9.17) is 22.6 Å². The van der Waals surface area contributed by atoms with Gasteiger partial charge in [-0.2, -0.15) is 5.26 Å². The van der Waals surface area contributed by atoms with Gasteiger partial charge >= 0.3 is 0 Å². The van der Waals surface area contributed by atoms with Gasteiger partial charge in [-0.15, -0.1) is 5.10 Å². The first-order valence-electron chi connectivity index (χ1n) is 11.3. The van der Waals surface area contributed by atoms with Crippen molar-refractivity contribution in [2.45, 2.75) is 51.2 Å². The number of carbonyl (C=O) groups excluding carboxylic acids is 2. The van der Waals surface area contributed by atoms with E-state index in [9.17, 15) is 9.59 Å². The van der Waals surface area contributed by atoms with Gasteiger partial charge in [0.05, 0.1) is 17.3 Å². The summed E-state index contributed by atoms with van der Waals surface area (Å²) >= 11 is 7.56. The molecule has 1 fully saturated rings. The van der Waals surface area contributed by atoms with Crippen molar-refractivity contribution >= 4 is 40.6 Å². The van der Waals surface area contributed by atoms with Crippen molar-refractivity contribution in [1.82, 2.24) is 14.5 Å². The van der Waals surface area contributed by atoms with Crippen molar-refractivity contribution in [3.8, 4) is 6.07 Å². The number of hydrogen-bond acceptors (Lipinski definition) is 7. The van der Waals surface area contributed by atoms with Gasteiger partial charge in [0.2, 0.25) is 0 Å². The molecule has 1 aliphatic rings. The summed E-state index contributed by atoms with van der Waals surface area (Å²) in [5, 5.41) is 16.3. The molecule has 2 atom stereocenters. The summed E-state index contributed by atoms with van der Waals surface area (Å²) in [6.07, 6.45) is 3.66. The number of nitrogens with two attached hydrogens (primary N) is 1. The van der Waals surface area contributed by atoms with Gasteiger partial charge in [-0.05, 0) is 79.3 Å². The van der Waals surface area contributed by atoms with Crippen LogP contribution < -0.4 is 11.1 Å². The molecule has 1 aromatic heterocycles. The molecule has 1 aliphatic carbocycles. The average molecular weight is 509 g/mol. The van der Waals surface area contributed by atoms with Crippen LogP contribution in [0.1, 0.15) is 62.5 Å². The van der Waals surface area contributed by atoms with Crippen molar-refractivity contribution in [2.75, 3.05) is 5.32 Å². The van der Waals surface area contributed by atoms with E-state index in [1.54, 1.807) is 54.3 Å². The summed E-state index contributed by atoms with van der Waals surface area (Å²) in [6, 6.07) is 13.6. The van der Waals surface area contributed by atoms with Crippen LogP contribution in [0, 0.1) is 18.3 Å². The highest BCUT2D eigenvalue weighted by molar-refractivity contribution is 7.08. The van der Waals surface area contributed by atoms with E-state index in [1.165, 1.54) is 0 Å². The van der Waals surface area contributed by atoms with Crippen LogP contribution in [0.4, 0.5) is 5.69 Å². The smallest absolute Gasteiger partial charge is 0.269 e. The van der Waals surface area contributed by atoms with Crippen molar-refractivity contribution in [3.05, 3.63) is 74.7 Å². The topological polar surface area (TPSA) is 125 Å². The van der Waals surface area contributed by atoms with Crippen molar-refractivity contribution < 1.29 is 9.59 Å². The lowest BCUT2D eigenvalue weighted by Crippen LogP contribution is -2.51. The predicted molar refractivity (Wildman–Crippen MR) is 135 cm³/mol. The van der Waals surface area contributed by atoms with Crippen molar-refractivity contribution in [3.63, 3.8) is 0 Å². The molecule has 180 valence electrons. The van der Waals surface area contributed by atoms with Gasteiger partial charge in [0, 0.05) is 34.9 Å². The molecule has 1 heterocycles. The highest BCUT2D eigenvalue weighted by Crippen LogP contribution is 2.29. The highest BCUT2D eigenvalue weighted by atomic mass is 35.5. The summed E-state index contributed by atoms with van der Waals surface area (Å²) in [6.45, 7) is 1.96. The Morgan fingerprint density at radius 2 is 1.97 bits per heavy atom. The van der Waals surface area contributed by atoms with E-state index >= 15 is 0 Å². The van der Waals surface area contributed by atoms with E-state index < -0.39 is 0 Å². The lowest BCUT2D eigenvalue weighted by atomic mass is 9.89. The minimum atomic E-state index is -0.300. The summed E-state index contributed by atoms with van der Waals surface area (Å²) in [5.41, 5.74) is 9.24. The maximum absolute atomic E-state index is 13.6. The van der Waals surface area contributed by atoms with E-state index in [-0.39, 0.29) is 30.4 Å². The van der Waals surface area contributed by atoms with Gasteiger partial charge in [-0.3, -0.25) is 9.59 Å². The van der Waals surface area contributed by atoms with Gasteiger partial charge in [0.15, 0.2) is 0 Å². The van der Waals surface area contributed by atoms with Gasteiger partial charge < -0.3 is 16.0 Å². The molecule has 8 nitrogen and oxygen atoms in total. The Morgan fingerprint density at radius 1 is 1.23 bits per heavy atom. The minimum absolute atomic E-state index is 0.144. The highest BCUT2D eigenvalue weighted by Gasteiger charge is 2.32. The first-order valence-corrected chi connectivity index (χ1v) is 12.5. The molecule has 2 amide bonds. The Bertz CT molecular complexity index is 1270. The molecule has 3 N–H and O–H groups in total. The number of anilines is 1. The third-order valence-corrected chi connectivity index (χ3v) is 7.40. The number of nitrogens with one attached hydrogen (secondary N) is 1. The maximum Gasteiger partial charge on any atom is 0.269 e. The van der Waals surface area contributed by atoms with Crippen LogP contribution in [0.2, 0.25) is 5.02 Å². The monoisotopic (exact) mass is 508 g/mol. The molecule has 10 heteroatoms. The predicted octanol–water partition coefficient (Wildman–Crippen LogP) is 4.54. The fraction of sp³-hybridized carbons (Fsp3) is 0.320. The number of aryl methyl sites for hydroxylation is 1. The Labute approximate surface area is 212 Å². The first-order chi connectivity index (χ1) is 16.9. The molecular formula is C25H25ClN6O2S. The Balaban J connectivity index is 1.62. The molecule has 0 saturated heterocycles. The zero-order chi connectivity index (χ0) is 24.9. The number of halogens is 1. The second-order valence-electron chi connectivity index (χ2n) is 8.59. The molecule has 35 heavy (non-hydrogen) atoms. The lowest BCUT2D eigenvalue weighted by Gasteiger charge is -2.38. The SMILES string of the molecule is Cc1nnsc1C(=O)Nc1ccc(Cl)c(CN(C(=O)c2ccc(C#N)cc2)C2CCCCC2N)c1. The standard InChI is InChI=1S/C25H25ClN6O2S/c1-15-23(35-31-30-15)24(33)29-19-10-11-20(26)18(12-19)14-32(22-5-3-2-4-21(22)28)25(34)17-8-6-16(13-27)7-9-17/h6-12,21-22H,2-5,14,28H2,1H3,(H,29,33). The molecule has 0 radical (unpaired) electrons. The van der Waals surface area contributed by atoms with Crippen LogP contribution in [-0.4, -0.2) is 38.4 Å². The number of hydrogen-bond donors (Lipinski definition) is 2. The molecule has 4 rings (SSSR count). The molecule has 2 aromatic carbocycles. The summed E-state index contributed by atoms with van der Waals surface area (Å²) < 4.78 is 3.81.